The van der Waals surface area contributed by atoms with E-state index >= 15 is 0 Å². The highest BCUT2D eigenvalue weighted by Gasteiger charge is 2.03. The standard InChI is InChI=1S/C10H22O2/c1-9(2)8-10(3)12-7-5-6-11-4/h9-10H,5-8H2,1-4H3. The van der Waals surface area contributed by atoms with Gasteiger partial charge in [0.15, 0.2) is 0 Å². The van der Waals surface area contributed by atoms with Crippen molar-refractivity contribution >= 4 is 0 Å². The summed E-state index contributed by atoms with van der Waals surface area (Å²) < 4.78 is 10.5. The third kappa shape index (κ3) is 8.02. The predicted molar refractivity (Wildman–Crippen MR) is 51.4 cm³/mol. The average Bonchev–Trinajstić information content (AvgIpc) is 1.97. The molecule has 2 heteroatoms. The minimum Gasteiger partial charge on any atom is -0.385 e. The molecule has 0 heterocycles. The lowest BCUT2D eigenvalue weighted by molar-refractivity contribution is 0.0388. The van der Waals surface area contributed by atoms with Crippen molar-refractivity contribution in [1.29, 1.82) is 0 Å². The number of methoxy groups -OCH3 is 1. The number of hydrogen-bond donors (Lipinski definition) is 0. The molecule has 0 bridgehead atoms. The monoisotopic (exact) mass is 174 g/mol. The van der Waals surface area contributed by atoms with Crippen LogP contribution in [0.15, 0.2) is 0 Å². The molecule has 0 aliphatic heterocycles. The van der Waals surface area contributed by atoms with Gasteiger partial charge in [-0.05, 0) is 25.7 Å². The first-order valence-electron chi connectivity index (χ1n) is 4.77. The van der Waals surface area contributed by atoms with Gasteiger partial charge in [0.05, 0.1) is 6.10 Å². The number of rotatable bonds is 7. The van der Waals surface area contributed by atoms with Crippen molar-refractivity contribution in [2.45, 2.75) is 39.7 Å². The molecule has 74 valence electrons. The average molecular weight is 174 g/mol. The zero-order valence-corrected chi connectivity index (χ0v) is 8.80. The van der Waals surface area contributed by atoms with Crippen LogP contribution < -0.4 is 0 Å². The zero-order chi connectivity index (χ0) is 9.40. The molecule has 0 saturated carbocycles. The molecule has 0 fully saturated rings. The summed E-state index contributed by atoms with van der Waals surface area (Å²) in [7, 11) is 1.72. The van der Waals surface area contributed by atoms with Gasteiger partial charge in [-0.1, -0.05) is 13.8 Å². The van der Waals surface area contributed by atoms with E-state index in [9.17, 15) is 0 Å². The maximum Gasteiger partial charge on any atom is 0.0549 e. The lowest BCUT2D eigenvalue weighted by Gasteiger charge is -2.14. The Labute approximate surface area is 76.3 Å². The molecule has 0 aliphatic carbocycles. The van der Waals surface area contributed by atoms with Crippen molar-refractivity contribution < 1.29 is 9.47 Å². The summed E-state index contributed by atoms with van der Waals surface area (Å²) in [5.74, 6) is 0.724. The quantitative estimate of drug-likeness (QED) is 0.552. The van der Waals surface area contributed by atoms with Crippen LogP contribution in [0.25, 0.3) is 0 Å². The molecule has 0 N–H and O–H groups in total. The van der Waals surface area contributed by atoms with Crippen molar-refractivity contribution in [3.8, 4) is 0 Å². The third-order valence-electron chi connectivity index (χ3n) is 1.70. The van der Waals surface area contributed by atoms with E-state index in [1.54, 1.807) is 7.11 Å². The van der Waals surface area contributed by atoms with Crippen LogP contribution in [0.3, 0.4) is 0 Å². The lowest BCUT2D eigenvalue weighted by Crippen LogP contribution is -2.12. The summed E-state index contributed by atoms with van der Waals surface area (Å²) in [6.07, 6.45) is 2.54. The first-order valence-corrected chi connectivity index (χ1v) is 4.77. The second-order valence-corrected chi connectivity index (χ2v) is 3.66. The van der Waals surface area contributed by atoms with Gasteiger partial charge in [0.2, 0.25) is 0 Å². The largest absolute Gasteiger partial charge is 0.385 e. The Hall–Kier alpha value is -0.0800. The van der Waals surface area contributed by atoms with Gasteiger partial charge in [0.1, 0.15) is 0 Å². The summed E-state index contributed by atoms with van der Waals surface area (Å²) in [4.78, 5) is 0. The van der Waals surface area contributed by atoms with Crippen LogP contribution in [0.5, 0.6) is 0 Å². The molecule has 1 unspecified atom stereocenters. The summed E-state index contributed by atoms with van der Waals surface area (Å²) in [5, 5.41) is 0. The molecule has 2 nitrogen and oxygen atoms in total. The topological polar surface area (TPSA) is 18.5 Å². The Morgan fingerprint density at radius 3 is 2.25 bits per heavy atom. The van der Waals surface area contributed by atoms with Crippen LogP contribution >= 0.6 is 0 Å². The van der Waals surface area contributed by atoms with Gasteiger partial charge < -0.3 is 9.47 Å². The smallest absolute Gasteiger partial charge is 0.0549 e. The van der Waals surface area contributed by atoms with Gasteiger partial charge in [-0.2, -0.15) is 0 Å². The molecule has 0 aromatic heterocycles. The fourth-order valence-electron chi connectivity index (χ4n) is 1.22. The Balaban J connectivity index is 3.14. The van der Waals surface area contributed by atoms with E-state index in [2.05, 4.69) is 20.8 Å². The lowest BCUT2D eigenvalue weighted by atomic mass is 10.1. The molecular weight excluding hydrogens is 152 g/mol. The molecule has 0 saturated heterocycles. The highest BCUT2D eigenvalue weighted by molar-refractivity contribution is 4.53. The van der Waals surface area contributed by atoms with Crippen LogP contribution in [0.2, 0.25) is 0 Å². The Bertz CT molecular complexity index is 91.8. The summed E-state index contributed by atoms with van der Waals surface area (Å²) in [6.45, 7) is 8.19. The molecular formula is C10H22O2. The maximum absolute atomic E-state index is 5.57. The molecule has 1 atom stereocenters. The highest BCUT2D eigenvalue weighted by Crippen LogP contribution is 2.07. The van der Waals surface area contributed by atoms with Crippen LogP contribution in [0.4, 0.5) is 0 Å². The van der Waals surface area contributed by atoms with Crippen molar-refractivity contribution in [3.63, 3.8) is 0 Å². The van der Waals surface area contributed by atoms with Crippen molar-refractivity contribution in [2.24, 2.45) is 5.92 Å². The van der Waals surface area contributed by atoms with Crippen LogP contribution in [-0.4, -0.2) is 26.4 Å². The second kappa shape index (κ2) is 7.56. The molecule has 0 amide bonds. The van der Waals surface area contributed by atoms with Gasteiger partial charge in [-0.25, -0.2) is 0 Å². The van der Waals surface area contributed by atoms with Gasteiger partial charge in [-0.3, -0.25) is 0 Å². The molecule has 0 aromatic carbocycles. The summed E-state index contributed by atoms with van der Waals surface area (Å²) >= 11 is 0. The summed E-state index contributed by atoms with van der Waals surface area (Å²) in [5.41, 5.74) is 0. The Morgan fingerprint density at radius 2 is 1.75 bits per heavy atom. The fourth-order valence-corrected chi connectivity index (χ4v) is 1.22. The minimum absolute atomic E-state index is 0.391. The Morgan fingerprint density at radius 1 is 1.08 bits per heavy atom. The fraction of sp³-hybridized carbons (Fsp3) is 1.00. The normalized spacial score (nSPS) is 13.8. The van der Waals surface area contributed by atoms with E-state index in [1.807, 2.05) is 0 Å². The van der Waals surface area contributed by atoms with E-state index in [0.29, 0.717) is 6.10 Å². The molecule has 0 aliphatic rings. The van der Waals surface area contributed by atoms with E-state index in [1.165, 1.54) is 0 Å². The third-order valence-corrected chi connectivity index (χ3v) is 1.70. The van der Waals surface area contributed by atoms with E-state index in [-0.39, 0.29) is 0 Å². The van der Waals surface area contributed by atoms with Gasteiger partial charge >= 0.3 is 0 Å². The first-order chi connectivity index (χ1) is 5.66. The summed E-state index contributed by atoms with van der Waals surface area (Å²) in [6, 6.07) is 0. The second-order valence-electron chi connectivity index (χ2n) is 3.66. The van der Waals surface area contributed by atoms with Crippen LogP contribution in [0.1, 0.15) is 33.6 Å². The minimum atomic E-state index is 0.391. The van der Waals surface area contributed by atoms with Crippen molar-refractivity contribution in [1.82, 2.24) is 0 Å². The molecule has 0 spiro atoms. The molecule has 12 heavy (non-hydrogen) atoms. The first kappa shape index (κ1) is 11.9. The number of hydrogen-bond acceptors (Lipinski definition) is 2. The highest BCUT2D eigenvalue weighted by atomic mass is 16.5. The SMILES string of the molecule is COCCCOC(C)CC(C)C. The maximum atomic E-state index is 5.57. The molecule has 0 aromatic rings. The van der Waals surface area contributed by atoms with Crippen LogP contribution in [-0.2, 0) is 9.47 Å². The van der Waals surface area contributed by atoms with E-state index in [4.69, 9.17) is 9.47 Å². The zero-order valence-electron chi connectivity index (χ0n) is 8.80. The molecule has 0 radical (unpaired) electrons. The predicted octanol–water partition coefficient (Wildman–Crippen LogP) is 2.47. The van der Waals surface area contributed by atoms with Crippen molar-refractivity contribution in [3.05, 3.63) is 0 Å². The molecule has 0 rings (SSSR count). The number of ether oxygens (including phenoxy) is 2. The van der Waals surface area contributed by atoms with E-state index in [0.717, 1.165) is 32.0 Å². The van der Waals surface area contributed by atoms with E-state index < -0.39 is 0 Å². The van der Waals surface area contributed by atoms with Crippen molar-refractivity contribution in [2.75, 3.05) is 20.3 Å². The van der Waals surface area contributed by atoms with Gasteiger partial charge in [0.25, 0.3) is 0 Å². The van der Waals surface area contributed by atoms with Crippen LogP contribution in [0, 0.1) is 5.92 Å². The Kier molecular flexibility index (Phi) is 7.51. The van der Waals surface area contributed by atoms with Gasteiger partial charge in [-0.15, -0.1) is 0 Å². The van der Waals surface area contributed by atoms with Gasteiger partial charge in [0, 0.05) is 20.3 Å².